The number of rotatable bonds is 1. The summed E-state index contributed by atoms with van der Waals surface area (Å²) in [6.45, 7) is 2.58. The number of fused-ring (bicyclic) bond motifs is 3. The Balaban J connectivity index is 2.12. The molecule has 0 bridgehead atoms. The quantitative estimate of drug-likeness (QED) is 0.835. The van der Waals surface area contributed by atoms with Gasteiger partial charge in [0.15, 0.2) is 0 Å². The molecule has 1 amide bonds. The monoisotopic (exact) mass is 262 g/mol. The van der Waals surface area contributed by atoms with Crippen molar-refractivity contribution in [1.82, 2.24) is 5.32 Å². The molecule has 0 spiro atoms. The van der Waals surface area contributed by atoms with E-state index in [1.54, 1.807) is 12.0 Å². The predicted molar refractivity (Wildman–Crippen MR) is 71.8 cm³/mol. The molecule has 1 fully saturated rings. The Hall–Kier alpha value is -1.75. The van der Waals surface area contributed by atoms with Crippen molar-refractivity contribution < 1.29 is 14.3 Å². The minimum atomic E-state index is -0.323. The van der Waals surface area contributed by atoms with E-state index in [9.17, 15) is 4.79 Å². The molecule has 1 N–H and O–H groups in total. The second-order valence-electron chi connectivity index (χ2n) is 5.00. The van der Waals surface area contributed by atoms with E-state index in [1.807, 2.05) is 12.1 Å². The maximum absolute atomic E-state index is 12.0. The fourth-order valence-corrected chi connectivity index (χ4v) is 3.18. The second-order valence-corrected chi connectivity index (χ2v) is 5.00. The van der Waals surface area contributed by atoms with Gasteiger partial charge in [0.05, 0.1) is 19.9 Å². The summed E-state index contributed by atoms with van der Waals surface area (Å²) in [5, 5.41) is 3.40. The summed E-state index contributed by atoms with van der Waals surface area (Å²) in [6, 6.07) is 5.95. The number of carbonyl (C=O) groups is 1. The molecule has 0 unspecified atom stereocenters. The minimum absolute atomic E-state index is 0.323. The average molecular weight is 262 g/mol. The van der Waals surface area contributed by atoms with Crippen molar-refractivity contribution >= 4 is 11.8 Å². The van der Waals surface area contributed by atoms with Crippen molar-refractivity contribution in [2.75, 3.05) is 38.8 Å². The highest BCUT2D eigenvalue weighted by atomic mass is 16.5. The fourth-order valence-electron chi connectivity index (χ4n) is 3.18. The van der Waals surface area contributed by atoms with Gasteiger partial charge in [-0.2, -0.15) is 0 Å². The van der Waals surface area contributed by atoms with Gasteiger partial charge in [0.2, 0.25) is 0 Å². The number of benzene rings is 1. The van der Waals surface area contributed by atoms with E-state index in [0.29, 0.717) is 18.4 Å². The lowest BCUT2D eigenvalue weighted by molar-refractivity contribution is 0.176. The average Bonchev–Trinajstić information content (AvgIpc) is 2.93. The Morgan fingerprint density at radius 1 is 1.37 bits per heavy atom. The number of hydrogen-bond donors (Lipinski definition) is 1. The van der Waals surface area contributed by atoms with Gasteiger partial charge in [-0.1, -0.05) is 12.1 Å². The zero-order chi connectivity index (χ0) is 13.4. The van der Waals surface area contributed by atoms with Crippen molar-refractivity contribution in [3.63, 3.8) is 0 Å². The topological polar surface area (TPSA) is 50.8 Å². The number of hydrogen-bond acceptors (Lipinski definition) is 4. The SMILES string of the molecule is COC(=O)N1C[C@@H]2CNC[C@@H]2c2cccc(OC)c21. The Bertz CT molecular complexity index is 503. The second kappa shape index (κ2) is 4.74. The van der Waals surface area contributed by atoms with Crippen molar-refractivity contribution in [3.8, 4) is 5.75 Å². The molecule has 2 heterocycles. The third-order valence-corrected chi connectivity index (χ3v) is 4.07. The van der Waals surface area contributed by atoms with E-state index in [1.165, 1.54) is 12.7 Å². The standard InChI is InChI=1S/C14H18N2O3/c1-18-12-5-3-4-10-11-7-15-6-9(11)8-16(13(10)12)14(17)19-2/h3-5,9,11,15H,6-8H2,1-2H3/t9-,11-/m0/s1. The molecule has 3 rings (SSSR count). The zero-order valence-electron chi connectivity index (χ0n) is 11.2. The first kappa shape index (κ1) is 12.3. The third kappa shape index (κ3) is 1.85. The number of nitrogens with one attached hydrogen (secondary N) is 1. The van der Waals surface area contributed by atoms with E-state index in [0.717, 1.165) is 24.5 Å². The molecule has 2 aliphatic heterocycles. The summed E-state index contributed by atoms with van der Waals surface area (Å²) in [5.41, 5.74) is 2.04. The van der Waals surface area contributed by atoms with Crippen LogP contribution in [-0.4, -0.2) is 39.9 Å². The number of methoxy groups -OCH3 is 2. The Labute approximate surface area is 112 Å². The molecule has 1 aromatic rings. The number of amides is 1. The molecular formula is C14H18N2O3. The van der Waals surface area contributed by atoms with Crippen LogP contribution in [0.2, 0.25) is 0 Å². The normalized spacial score (nSPS) is 24.6. The molecule has 1 saturated heterocycles. The predicted octanol–water partition coefficient (Wildman–Crippen LogP) is 1.58. The highest BCUT2D eigenvalue weighted by Crippen LogP contribution is 2.45. The van der Waals surface area contributed by atoms with Crippen molar-refractivity contribution in [2.24, 2.45) is 5.92 Å². The fraction of sp³-hybridized carbons (Fsp3) is 0.500. The first-order valence-electron chi connectivity index (χ1n) is 6.49. The minimum Gasteiger partial charge on any atom is -0.495 e. The van der Waals surface area contributed by atoms with Gasteiger partial charge in [-0.05, 0) is 17.5 Å². The largest absolute Gasteiger partial charge is 0.495 e. The summed E-state index contributed by atoms with van der Waals surface area (Å²) in [7, 11) is 3.04. The molecule has 0 aromatic heterocycles. The van der Waals surface area contributed by atoms with E-state index in [2.05, 4.69) is 11.4 Å². The maximum atomic E-state index is 12.0. The van der Waals surface area contributed by atoms with Crippen LogP contribution in [0.5, 0.6) is 5.75 Å². The summed E-state index contributed by atoms with van der Waals surface area (Å²) >= 11 is 0. The van der Waals surface area contributed by atoms with Gasteiger partial charge < -0.3 is 14.8 Å². The van der Waals surface area contributed by atoms with E-state index in [4.69, 9.17) is 9.47 Å². The number of nitrogens with zero attached hydrogens (tertiary/aromatic N) is 1. The van der Waals surface area contributed by atoms with Crippen LogP contribution in [0.1, 0.15) is 11.5 Å². The number of carbonyl (C=O) groups excluding carboxylic acids is 1. The van der Waals surface area contributed by atoms with Gasteiger partial charge in [0, 0.05) is 25.6 Å². The Morgan fingerprint density at radius 3 is 2.95 bits per heavy atom. The lowest BCUT2D eigenvalue weighted by Gasteiger charge is -2.36. The third-order valence-electron chi connectivity index (χ3n) is 4.07. The van der Waals surface area contributed by atoms with Crippen molar-refractivity contribution in [2.45, 2.75) is 5.92 Å². The molecule has 102 valence electrons. The molecule has 2 atom stereocenters. The molecule has 0 aliphatic carbocycles. The summed E-state index contributed by atoms with van der Waals surface area (Å²) in [6.07, 6.45) is -0.323. The van der Waals surface area contributed by atoms with E-state index < -0.39 is 0 Å². The highest BCUT2D eigenvalue weighted by Gasteiger charge is 2.40. The van der Waals surface area contributed by atoms with Crippen LogP contribution in [0.25, 0.3) is 0 Å². The Kier molecular flexibility index (Phi) is 3.06. The molecule has 1 aromatic carbocycles. The van der Waals surface area contributed by atoms with Crippen LogP contribution >= 0.6 is 0 Å². The molecule has 2 aliphatic rings. The van der Waals surface area contributed by atoms with Crippen LogP contribution < -0.4 is 15.0 Å². The first-order chi connectivity index (χ1) is 9.26. The summed E-state index contributed by atoms with van der Waals surface area (Å²) < 4.78 is 10.3. The molecule has 19 heavy (non-hydrogen) atoms. The number of ether oxygens (including phenoxy) is 2. The summed E-state index contributed by atoms with van der Waals surface area (Å²) in [4.78, 5) is 13.7. The molecular weight excluding hydrogens is 244 g/mol. The molecule has 0 radical (unpaired) electrons. The maximum Gasteiger partial charge on any atom is 0.414 e. The molecule has 0 saturated carbocycles. The van der Waals surface area contributed by atoms with Gasteiger partial charge in [-0.25, -0.2) is 4.79 Å². The zero-order valence-corrected chi connectivity index (χ0v) is 11.2. The van der Waals surface area contributed by atoms with Crippen LogP contribution in [0.3, 0.4) is 0 Å². The molecule has 5 nitrogen and oxygen atoms in total. The lowest BCUT2D eigenvalue weighted by atomic mass is 9.83. The smallest absolute Gasteiger partial charge is 0.414 e. The number of anilines is 1. The van der Waals surface area contributed by atoms with Gasteiger partial charge >= 0.3 is 6.09 Å². The van der Waals surface area contributed by atoms with Crippen LogP contribution in [-0.2, 0) is 4.74 Å². The highest BCUT2D eigenvalue weighted by molar-refractivity contribution is 5.92. The van der Waals surface area contributed by atoms with Gasteiger partial charge in [-0.3, -0.25) is 4.90 Å². The van der Waals surface area contributed by atoms with Crippen molar-refractivity contribution in [3.05, 3.63) is 23.8 Å². The van der Waals surface area contributed by atoms with E-state index >= 15 is 0 Å². The van der Waals surface area contributed by atoms with Gasteiger partial charge in [0.1, 0.15) is 5.75 Å². The summed E-state index contributed by atoms with van der Waals surface area (Å²) in [5.74, 6) is 1.62. The molecule has 5 heteroatoms. The van der Waals surface area contributed by atoms with E-state index in [-0.39, 0.29) is 6.09 Å². The van der Waals surface area contributed by atoms with Gasteiger partial charge in [0.25, 0.3) is 0 Å². The van der Waals surface area contributed by atoms with Gasteiger partial charge in [-0.15, -0.1) is 0 Å². The first-order valence-corrected chi connectivity index (χ1v) is 6.49. The number of para-hydroxylation sites is 1. The Morgan fingerprint density at radius 2 is 2.21 bits per heavy atom. The van der Waals surface area contributed by atoms with Crippen LogP contribution in [0.15, 0.2) is 18.2 Å². The van der Waals surface area contributed by atoms with Crippen molar-refractivity contribution in [1.29, 1.82) is 0 Å². The van der Waals surface area contributed by atoms with Crippen LogP contribution in [0, 0.1) is 5.92 Å². The van der Waals surface area contributed by atoms with Crippen LogP contribution in [0.4, 0.5) is 10.5 Å². The lowest BCUT2D eigenvalue weighted by Crippen LogP contribution is -2.41.